The molecule has 0 unspecified atom stereocenters. The second-order valence-electron chi connectivity index (χ2n) is 5.82. The third-order valence-electron chi connectivity index (χ3n) is 3.55. The van der Waals surface area contributed by atoms with Gasteiger partial charge in [0.2, 0.25) is 5.91 Å². The van der Waals surface area contributed by atoms with E-state index in [1.807, 2.05) is 27.7 Å². The molecule has 8 heteroatoms. The maximum absolute atomic E-state index is 12.9. The highest BCUT2D eigenvalue weighted by molar-refractivity contribution is 7.99. The first-order chi connectivity index (χ1) is 11.3. The van der Waals surface area contributed by atoms with Crippen LogP contribution in [0.25, 0.3) is 10.2 Å². The lowest BCUT2D eigenvalue weighted by Gasteiger charge is -2.12. The molecule has 0 aliphatic heterocycles. The van der Waals surface area contributed by atoms with E-state index < -0.39 is 0 Å². The predicted molar refractivity (Wildman–Crippen MR) is 99.2 cm³/mol. The van der Waals surface area contributed by atoms with Crippen LogP contribution in [-0.4, -0.2) is 41.0 Å². The summed E-state index contributed by atoms with van der Waals surface area (Å²) in [7, 11) is 1.60. The molecule has 2 heterocycles. The van der Waals surface area contributed by atoms with Crippen molar-refractivity contribution < 1.29 is 9.53 Å². The lowest BCUT2D eigenvalue weighted by Crippen LogP contribution is -2.32. The van der Waals surface area contributed by atoms with Crippen LogP contribution in [0.15, 0.2) is 9.95 Å². The molecule has 0 spiro atoms. The summed E-state index contributed by atoms with van der Waals surface area (Å²) in [5, 5.41) is 4.07. The van der Waals surface area contributed by atoms with Crippen molar-refractivity contribution in [1.29, 1.82) is 0 Å². The molecular formula is C16H23N3O3S2. The van der Waals surface area contributed by atoms with Gasteiger partial charge in [-0.15, -0.1) is 11.3 Å². The minimum atomic E-state index is -0.0684. The number of nitrogens with zero attached hydrogens (tertiary/aromatic N) is 2. The molecule has 0 radical (unpaired) electrons. The summed E-state index contributed by atoms with van der Waals surface area (Å²) in [4.78, 5) is 31.2. The van der Waals surface area contributed by atoms with Crippen molar-refractivity contribution in [3.8, 4) is 0 Å². The summed E-state index contributed by atoms with van der Waals surface area (Å²) < 4.78 is 6.72. The topological polar surface area (TPSA) is 73.2 Å². The van der Waals surface area contributed by atoms with Crippen LogP contribution in [0.1, 0.15) is 24.3 Å². The van der Waals surface area contributed by atoms with Crippen LogP contribution >= 0.6 is 23.1 Å². The van der Waals surface area contributed by atoms with E-state index in [4.69, 9.17) is 4.74 Å². The van der Waals surface area contributed by atoms with E-state index in [0.717, 1.165) is 15.3 Å². The summed E-state index contributed by atoms with van der Waals surface area (Å²) in [5.41, 5.74) is 0.915. The SMILES string of the molecule is COCCn1c(SCC(=O)NC(C)C)nc2sc(C)c(C)c2c1=O. The Morgan fingerprint density at radius 1 is 1.42 bits per heavy atom. The van der Waals surface area contributed by atoms with E-state index in [2.05, 4.69) is 10.3 Å². The van der Waals surface area contributed by atoms with Crippen LogP contribution in [0.4, 0.5) is 0 Å². The number of fused-ring (bicyclic) bond motifs is 1. The quantitative estimate of drug-likeness (QED) is 0.599. The van der Waals surface area contributed by atoms with Gasteiger partial charge in [-0.3, -0.25) is 14.2 Å². The minimum Gasteiger partial charge on any atom is -0.383 e. The second-order valence-corrected chi connectivity index (χ2v) is 7.96. The summed E-state index contributed by atoms with van der Waals surface area (Å²) in [5.74, 6) is 0.160. The molecule has 2 aromatic rings. The van der Waals surface area contributed by atoms with Crippen LogP contribution in [0, 0.1) is 13.8 Å². The van der Waals surface area contributed by atoms with Crippen molar-refractivity contribution >= 4 is 39.2 Å². The zero-order valence-electron chi connectivity index (χ0n) is 14.6. The summed E-state index contributed by atoms with van der Waals surface area (Å²) in [6, 6.07) is 0.0896. The Labute approximate surface area is 149 Å². The number of nitrogens with one attached hydrogen (secondary N) is 1. The van der Waals surface area contributed by atoms with Crippen LogP contribution in [-0.2, 0) is 16.1 Å². The molecule has 0 aliphatic rings. The fourth-order valence-electron chi connectivity index (χ4n) is 2.29. The Morgan fingerprint density at radius 2 is 2.12 bits per heavy atom. The number of amides is 1. The maximum atomic E-state index is 12.9. The summed E-state index contributed by atoms with van der Waals surface area (Å²) in [6.07, 6.45) is 0. The molecule has 0 fully saturated rings. The Kier molecular flexibility index (Phi) is 6.42. The third kappa shape index (κ3) is 4.17. The largest absolute Gasteiger partial charge is 0.383 e. The normalized spacial score (nSPS) is 11.4. The number of methoxy groups -OCH3 is 1. The first kappa shape index (κ1) is 19.0. The first-order valence-corrected chi connectivity index (χ1v) is 9.57. The van der Waals surface area contributed by atoms with E-state index in [1.165, 1.54) is 23.1 Å². The Hall–Kier alpha value is -1.38. The van der Waals surface area contributed by atoms with Crippen molar-refractivity contribution in [3.63, 3.8) is 0 Å². The fraction of sp³-hybridized carbons (Fsp3) is 0.562. The highest BCUT2D eigenvalue weighted by Crippen LogP contribution is 2.28. The molecule has 0 aromatic carbocycles. The van der Waals surface area contributed by atoms with Gasteiger partial charge in [0.1, 0.15) is 4.83 Å². The molecule has 0 atom stereocenters. The first-order valence-electron chi connectivity index (χ1n) is 7.76. The van der Waals surface area contributed by atoms with Crippen molar-refractivity contribution in [2.75, 3.05) is 19.5 Å². The van der Waals surface area contributed by atoms with Gasteiger partial charge >= 0.3 is 0 Å². The zero-order chi connectivity index (χ0) is 17.9. The number of thioether (sulfide) groups is 1. The van der Waals surface area contributed by atoms with E-state index in [0.29, 0.717) is 23.7 Å². The number of aryl methyl sites for hydroxylation is 2. The molecule has 1 amide bonds. The number of carbonyl (C=O) groups is 1. The van der Waals surface area contributed by atoms with E-state index in [1.54, 1.807) is 11.7 Å². The number of carbonyl (C=O) groups excluding carboxylic acids is 1. The highest BCUT2D eigenvalue weighted by atomic mass is 32.2. The van der Waals surface area contributed by atoms with Gasteiger partial charge in [0, 0.05) is 18.0 Å². The van der Waals surface area contributed by atoms with Crippen molar-refractivity contribution in [3.05, 3.63) is 20.8 Å². The van der Waals surface area contributed by atoms with Gasteiger partial charge in [-0.1, -0.05) is 11.8 Å². The van der Waals surface area contributed by atoms with Crippen molar-refractivity contribution in [1.82, 2.24) is 14.9 Å². The van der Waals surface area contributed by atoms with Gasteiger partial charge in [0.15, 0.2) is 5.16 Å². The lowest BCUT2D eigenvalue weighted by molar-refractivity contribution is -0.119. The molecule has 2 aromatic heterocycles. The highest BCUT2D eigenvalue weighted by Gasteiger charge is 2.17. The Bertz CT molecular complexity index is 796. The average Bonchev–Trinajstić information content (AvgIpc) is 2.78. The maximum Gasteiger partial charge on any atom is 0.263 e. The van der Waals surface area contributed by atoms with Crippen molar-refractivity contribution in [2.24, 2.45) is 0 Å². The fourth-order valence-corrected chi connectivity index (χ4v) is 4.20. The Balaban J connectivity index is 2.39. The van der Waals surface area contributed by atoms with E-state index >= 15 is 0 Å². The van der Waals surface area contributed by atoms with Crippen LogP contribution in [0.2, 0.25) is 0 Å². The smallest absolute Gasteiger partial charge is 0.263 e. The molecular weight excluding hydrogens is 346 g/mol. The van der Waals surface area contributed by atoms with Crippen LogP contribution in [0.3, 0.4) is 0 Å². The van der Waals surface area contributed by atoms with Crippen molar-refractivity contribution in [2.45, 2.75) is 45.4 Å². The number of aromatic nitrogens is 2. The number of hydrogen-bond donors (Lipinski definition) is 1. The van der Waals surface area contributed by atoms with Gasteiger partial charge in [0.25, 0.3) is 5.56 Å². The predicted octanol–water partition coefficient (Wildman–Crippen LogP) is 2.34. The molecule has 0 aliphatic carbocycles. The molecule has 132 valence electrons. The zero-order valence-corrected chi connectivity index (χ0v) is 16.3. The van der Waals surface area contributed by atoms with Crippen LogP contribution < -0.4 is 10.9 Å². The molecule has 0 saturated heterocycles. The van der Waals surface area contributed by atoms with Crippen LogP contribution in [0.5, 0.6) is 0 Å². The number of rotatable bonds is 7. The average molecular weight is 370 g/mol. The summed E-state index contributed by atoms with van der Waals surface area (Å²) >= 11 is 2.80. The third-order valence-corrected chi connectivity index (χ3v) is 5.63. The molecule has 24 heavy (non-hydrogen) atoms. The molecule has 0 bridgehead atoms. The number of hydrogen-bond acceptors (Lipinski definition) is 6. The minimum absolute atomic E-state index is 0.0642. The van der Waals surface area contributed by atoms with Gasteiger partial charge in [0.05, 0.1) is 24.3 Å². The number of ether oxygens (including phenoxy) is 1. The molecule has 1 N–H and O–H groups in total. The van der Waals surface area contributed by atoms with Gasteiger partial charge in [-0.05, 0) is 33.3 Å². The van der Waals surface area contributed by atoms with E-state index in [9.17, 15) is 9.59 Å². The standard InChI is InChI=1S/C16H23N3O3S2/c1-9(2)17-12(20)8-23-16-18-14-13(10(3)11(4)24-14)15(21)19(16)6-7-22-5/h9H,6-8H2,1-5H3,(H,17,20). The summed E-state index contributed by atoms with van der Waals surface area (Å²) in [6.45, 7) is 8.60. The van der Waals surface area contributed by atoms with Gasteiger partial charge in [-0.25, -0.2) is 4.98 Å². The molecule has 6 nitrogen and oxygen atoms in total. The van der Waals surface area contributed by atoms with Gasteiger partial charge in [-0.2, -0.15) is 0 Å². The van der Waals surface area contributed by atoms with E-state index in [-0.39, 0.29) is 23.3 Å². The molecule has 2 rings (SSSR count). The Morgan fingerprint density at radius 3 is 2.75 bits per heavy atom. The lowest BCUT2D eigenvalue weighted by atomic mass is 10.2. The molecule has 0 saturated carbocycles. The second kappa shape index (κ2) is 8.13. The van der Waals surface area contributed by atoms with Gasteiger partial charge < -0.3 is 10.1 Å². The number of thiophene rings is 1. The monoisotopic (exact) mass is 369 g/mol.